The molecule has 0 atom stereocenters. The fraction of sp³-hybridized carbons (Fsp3) is 0.240. The number of aryl methyl sites for hydroxylation is 1. The maximum atomic E-state index is 13.9. The Kier molecular flexibility index (Phi) is 9.44. The zero-order chi connectivity index (χ0) is 24.6. The van der Waals surface area contributed by atoms with E-state index < -0.39 is 28.3 Å². The van der Waals surface area contributed by atoms with Crippen LogP contribution in [-0.4, -0.2) is 39.4 Å². The highest BCUT2D eigenvalue weighted by Gasteiger charge is 2.27. The number of benzene rings is 3. The SMILES string of the molecule is CSc1ccc(S(=O)(=O)N(CC(=O)NCCSCc2cccc(C)c2)c2cccc(F)c2)cc1. The van der Waals surface area contributed by atoms with E-state index in [1.54, 1.807) is 23.9 Å². The van der Waals surface area contributed by atoms with Crippen LogP contribution in [0.1, 0.15) is 11.1 Å². The van der Waals surface area contributed by atoms with Gasteiger partial charge in [0.2, 0.25) is 5.91 Å². The lowest BCUT2D eigenvalue weighted by Crippen LogP contribution is -2.41. The molecule has 0 bridgehead atoms. The molecule has 0 unspecified atom stereocenters. The summed E-state index contributed by atoms with van der Waals surface area (Å²) < 4.78 is 41.5. The Morgan fingerprint density at radius 3 is 2.44 bits per heavy atom. The molecule has 5 nitrogen and oxygen atoms in total. The molecule has 0 saturated heterocycles. The molecule has 0 aliphatic rings. The Labute approximate surface area is 209 Å². The van der Waals surface area contributed by atoms with Crippen LogP contribution < -0.4 is 9.62 Å². The number of hydrogen-bond acceptors (Lipinski definition) is 5. The van der Waals surface area contributed by atoms with Crippen molar-refractivity contribution in [1.82, 2.24) is 5.32 Å². The van der Waals surface area contributed by atoms with E-state index in [2.05, 4.69) is 17.4 Å². The molecule has 3 rings (SSSR count). The van der Waals surface area contributed by atoms with Crippen LogP contribution in [0, 0.1) is 12.7 Å². The van der Waals surface area contributed by atoms with Gasteiger partial charge < -0.3 is 5.32 Å². The molecule has 1 N–H and O–H groups in total. The number of thioether (sulfide) groups is 2. The summed E-state index contributed by atoms with van der Waals surface area (Å²) in [4.78, 5) is 13.6. The van der Waals surface area contributed by atoms with Crippen LogP contribution in [0.2, 0.25) is 0 Å². The second-order valence-corrected chi connectivity index (χ2v) is 11.4. The van der Waals surface area contributed by atoms with E-state index in [9.17, 15) is 17.6 Å². The largest absolute Gasteiger partial charge is 0.354 e. The summed E-state index contributed by atoms with van der Waals surface area (Å²) >= 11 is 3.18. The molecule has 3 aromatic rings. The van der Waals surface area contributed by atoms with E-state index in [4.69, 9.17) is 0 Å². The summed E-state index contributed by atoms with van der Waals surface area (Å²) in [6, 6.07) is 19.9. The fourth-order valence-electron chi connectivity index (χ4n) is 3.26. The molecule has 0 aromatic heterocycles. The monoisotopic (exact) mass is 518 g/mol. The molecule has 0 saturated carbocycles. The smallest absolute Gasteiger partial charge is 0.264 e. The predicted molar refractivity (Wildman–Crippen MR) is 140 cm³/mol. The summed E-state index contributed by atoms with van der Waals surface area (Å²) in [5, 5.41) is 2.77. The first kappa shape index (κ1) is 26.1. The molecule has 0 fully saturated rings. The van der Waals surface area contributed by atoms with Gasteiger partial charge in [0.05, 0.1) is 10.6 Å². The molecule has 3 aromatic carbocycles. The molecule has 180 valence electrons. The average molecular weight is 519 g/mol. The third-order valence-electron chi connectivity index (χ3n) is 4.95. The van der Waals surface area contributed by atoms with E-state index in [0.29, 0.717) is 12.3 Å². The van der Waals surface area contributed by atoms with Crippen molar-refractivity contribution in [2.75, 3.05) is 29.4 Å². The van der Waals surface area contributed by atoms with Gasteiger partial charge in [0.25, 0.3) is 10.0 Å². The number of nitrogens with zero attached hydrogens (tertiary/aromatic N) is 1. The van der Waals surface area contributed by atoms with Crippen LogP contribution >= 0.6 is 23.5 Å². The van der Waals surface area contributed by atoms with Crippen molar-refractivity contribution in [2.24, 2.45) is 0 Å². The van der Waals surface area contributed by atoms with E-state index in [1.807, 2.05) is 25.3 Å². The van der Waals surface area contributed by atoms with Crippen LogP contribution in [-0.2, 0) is 20.6 Å². The summed E-state index contributed by atoms with van der Waals surface area (Å²) in [6.45, 7) is 2.00. The van der Waals surface area contributed by atoms with Crippen LogP contribution in [0.25, 0.3) is 0 Å². The first-order chi connectivity index (χ1) is 16.3. The third-order valence-corrected chi connectivity index (χ3v) is 8.51. The Balaban J connectivity index is 1.66. The molecular weight excluding hydrogens is 491 g/mol. The van der Waals surface area contributed by atoms with Crippen molar-refractivity contribution in [3.8, 4) is 0 Å². The van der Waals surface area contributed by atoms with Crippen molar-refractivity contribution >= 4 is 45.1 Å². The minimum atomic E-state index is -4.07. The van der Waals surface area contributed by atoms with Crippen molar-refractivity contribution in [3.63, 3.8) is 0 Å². The van der Waals surface area contributed by atoms with Gasteiger partial charge in [-0.05, 0) is 61.2 Å². The molecular formula is C25H27FN2O3S3. The highest BCUT2D eigenvalue weighted by Crippen LogP contribution is 2.26. The standard InChI is InChI=1S/C25H27FN2O3S3/c1-19-5-3-6-20(15-19)18-33-14-13-27-25(29)17-28(22-8-4-7-21(26)16-22)34(30,31)24-11-9-23(32-2)10-12-24/h3-12,15-16H,13-14,17-18H2,1-2H3,(H,27,29). The number of anilines is 1. The van der Waals surface area contributed by atoms with Crippen LogP contribution in [0.15, 0.2) is 82.6 Å². The van der Waals surface area contributed by atoms with E-state index in [1.165, 1.54) is 53.2 Å². The number of nitrogens with one attached hydrogen (secondary N) is 1. The van der Waals surface area contributed by atoms with Crippen molar-refractivity contribution < 1.29 is 17.6 Å². The zero-order valence-corrected chi connectivity index (χ0v) is 21.5. The van der Waals surface area contributed by atoms with E-state index >= 15 is 0 Å². The van der Waals surface area contributed by atoms with Gasteiger partial charge in [0.15, 0.2) is 0 Å². The number of halogens is 1. The maximum Gasteiger partial charge on any atom is 0.264 e. The summed E-state index contributed by atoms with van der Waals surface area (Å²) in [7, 11) is -4.07. The maximum absolute atomic E-state index is 13.9. The lowest BCUT2D eigenvalue weighted by molar-refractivity contribution is -0.119. The van der Waals surface area contributed by atoms with Crippen molar-refractivity contribution in [2.45, 2.75) is 22.5 Å². The molecule has 0 spiro atoms. The Morgan fingerprint density at radius 1 is 1.03 bits per heavy atom. The topological polar surface area (TPSA) is 66.5 Å². The molecule has 0 heterocycles. The molecule has 0 aliphatic heterocycles. The number of amides is 1. The minimum absolute atomic E-state index is 0.0380. The quantitative estimate of drug-likeness (QED) is 0.283. The third kappa shape index (κ3) is 7.25. The van der Waals surface area contributed by atoms with E-state index in [0.717, 1.165) is 21.0 Å². The number of carbonyl (C=O) groups is 1. The lowest BCUT2D eigenvalue weighted by Gasteiger charge is -2.24. The summed E-state index contributed by atoms with van der Waals surface area (Å²) in [5.41, 5.74) is 2.51. The second-order valence-electron chi connectivity index (χ2n) is 7.56. The minimum Gasteiger partial charge on any atom is -0.354 e. The molecule has 34 heavy (non-hydrogen) atoms. The van der Waals surface area contributed by atoms with Crippen LogP contribution in [0.4, 0.5) is 10.1 Å². The van der Waals surface area contributed by atoms with Crippen molar-refractivity contribution in [1.29, 1.82) is 0 Å². The Bertz CT molecular complexity index is 1220. The van der Waals surface area contributed by atoms with Gasteiger partial charge in [0.1, 0.15) is 12.4 Å². The molecule has 9 heteroatoms. The van der Waals surface area contributed by atoms with Gasteiger partial charge in [-0.2, -0.15) is 11.8 Å². The second kappa shape index (κ2) is 12.3. The van der Waals surface area contributed by atoms with Crippen molar-refractivity contribution in [3.05, 3.63) is 89.7 Å². The average Bonchev–Trinajstić information content (AvgIpc) is 2.82. The molecule has 1 amide bonds. The Hall–Kier alpha value is -2.49. The highest BCUT2D eigenvalue weighted by molar-refractivity contribution is 7.98. The summed E-state index contributed by atoms with van der Waals surface area (Å²) in [6.07, 6.45) is 1.89. The fourth-order valence-corrected chi connectivity index (χ4v) is 5.89. The molecule has 0 radical (unpaired) electrons. The van der Waals surface area contributed by atoms with Gasteiger partial charge in [-0.1, -0.05) is 35.9 Å². The van der Waals surface area contributed by atoms with Gasteiger partial charge in [0, 0.05) is 22.9 Å². The Morgan fingerprint density at radius 2 is 1.76 bits per heavy atom. The lowest BCUT2D eigenvalue weighted by atomic mass is 10.2. The van der Waals surface area contributed by atoms with Gasteiger partial charge in [-0.25, -0.2) is 12.8 Å². The summed E-state index contributed by atoms with van der Waals surface area (Å²) in [5.74, 6) is 0.476. The van der Waals surface area contributed by atoms with E-state index in [-0.39, 0.29) is 10.6 Å². The van der Waals surface area contributed by atoms with Crippen LogP contribution in [0.3, 0.4) is 0 Å². The first-order valence-electron chi connectivity index (χ1n) is 10.6. The number of sulfonamides is 1. The number of carbonyl (C=O) groups excluding carboxylic acids is 1. The number of rotatable bonds is 11. The van der Waals surface area contributed by atoms with Gasteiger partial charge in [-0.3, -0.25) is 9.10 Å². The molecule has 0 aliphatic carbocycles. The van der Waals surface area contributed by atoms with Gasteiger partial charge in [-0.15, -0.1) is 11.8 Å². The van der Waals surface area contributed by atoms with Gasteiger partial charge >= 0.3 is 0 Å². The normalized spacial score (nSPS) is 11.3. The first-order valence-corrected chi connectivity index (χ1v) is 14.4. The zero-order valence-electron chi connectivity index (χ0n) is 19.0. The number of hydrogen-bond donors (Lipinski definition) is 1. The predicted octanol–water partition coefficient (Wildman–Crippen LogP) is 5.10. The van der Waals surface area contributed by atoms with Crippen LogP contribution in [0.5, 0.6) is 0 Å². The highest BCUT2D eigenvalue weighted by atomic mass is 32.2.